The van der Waals surface area contributed by atoms with Crippen molar-refractivity contribution in [2.75, 3.05) is 31.6 Å². The number of urea groups is 1. The topological polar surface area (TPSA) is 79.9 Å². The summed E-state index contributed by atoms with van der Waals surface area (Å²) in [5, 5.41) is 5.80. The molecular formula is C18H25N3O4. The molecule has 3 rings (SSSR count). The normalized spacial score (nSPS) is 25.9. The Morgan fingerprint density at radius 1 is 1.36 bits per heavy atom. The van der Waals surface area contributed by atoms with E-state index in [-0.39, 0.29) is 18.2 Å². The Morgan fingerprint density at radius 2 is 2.20 bits per heavy atom. The number of carbonyl (C=O) groups excluding carboxylic acids is 2. The smallest absolute Gasteiger partial charge is 0.338 e. The Kier molecular flexibility index (Phi) is 5.55. The van der Waals surface area contributed by atoms with Crippen LogP contribution in [0.1, 0.15) is 30.6 Å². The highest BCUT2D eigenvalue weighted by molar-refractivity contribution is 5.94. The van der Waals surface area contributed by atoms with E-state index in [0.717, 1.165) is 26.1 Å². The first-order chi connectivity index (χ1) is 12.0. The first-order valence-electron chi connectivity index (χ1n) is 8.75. The lowest BCUT2D eigenvalue weighted by molar-refractivity contribution is -0.0390. The predicted molar refractivity (Wildman–Crippen MR) is 93.7 cm³/mol. The molecule has 2 saturated heterocycles. The van der Waals surface area contributed by atoms with Gasteiger partial charge < -0.3 is 20.1 Å². The maximum absolute atomic E-state index is 12.3. The fourth-order valence-corrected chi connectivity index (χ4v) is 3.44. The standard InChI is InChI=1S/C18H25N3O4/c1-3-24-17(22)13-5-4-6-14(7-13)19-18(23)20-15-8-16-11-25-12(2)9-21(16)10-15/h4-7,12,15-16H,3,8-11H2,1-2H3,(H2,19,20,23)/t12-,15+,16+/m1/s1. The zero-order valence-corrected chi connectivity index (χ0v) is 14.7. The van der Waals surface area contributed by atoms with E-state index in [0.29, 0.717) is 23.9 Å². The van der Waals surface area contributed by atoms with Crippen LogP contribution in [0.25, 0.3) is 0 Å². The molecule has 2 heterocycles. The van der Waals surface area contributed by atoms with Crippen molar-refractivity contribution in [3.63, 3.8) is 0 Å². The molecule has 3 atom stereocenters. The van der Waals surface area contributed by atoms with E-state index in [9.17, 15) is 9.59 Å². The summed E-state index contributed by atoms with van der Waals surface area (Å²) in [6.45, 7) is 6.62. The van der Waals surface area contributed by atoms with Crippen LogP contribution in [0.15, 0.2) is 24.3 Å². The van der Waals surface area contributed by atoms with Gasteiger partial charge in [-0.1, -0.05) is 6.07 Å². The molecular weight excluding hydrogens is 322 g/mol. The van der Waals surface area contributed by atoms with Crippen molar-refractivity contribution in [3.8, 4) is 0 Å². The van der Waals surface area contributed by atoms with Crippen LogP contribution >= 0.6 is 0 Å². The summed E-state index contributed by atoms with van der Waals surface area (Å²) >= 11 is 0. The fraction of sp³-hybridized carbons (Fsp3) is 0.556. The zero-order chi connectivity index (χ0) is 17.8. The molecule has 2 fully saturated rings. The lowest BCUT2D eigenvalue weighted by Gasteiger charge is -2.33. The van der Waals surface area contributed by atoms with E-state index in [2.05, 4.69) is 22.5 Å². The highest BCUT2D eigenvalue weighted by Gasteiger charge is 2.36. The second kappa shape index (κ2) is 7.84. The van der Waals surface area contributed by atoms with Crippen molar-refractivity contribution in [2.24, 2.45) is 0 Å². The van der Waals surface area contributed by atoms with Crippen molar-refractivity contribution in [1.29, 1.82) is 0 Å². The number of nitrogens with one attached hydrogen (secondary N) is 2. The number of benzene rings is 1. The summed E-state index contributed by atoms with van der Waals surface area (Å²) in [7, 11) is 0. The number of esters is 1. The molecule has 2 aliphatic heterocycles. The van der Waals surface area contributed by atoms with Crippen LogP contribution in [0.3, 0.4) is 0 Å². The van der Waals surface area contributed by atoms with Gasteiger partial charge in [0.2, 0.25) is 0 Å². The minimum absolute atomic E-state index is 0.104. The lowest BCUT2D eigenvalue weighted by atomic mass is 10.1. The zero-order valence-electron chi connectivity index (χ0n) is 14.7. The SMILES string of the molecule is CCOC(=O)c1cccc(NC(=O)N[C@H]2C[C@H]3CO[C@H](C)CN3C2)c1. The van der Waals surface area contributed by atoms with Gasteiger partial charge in [-0.05, 0) is 38.5 Å². The van der Waals surface area contributed by atoms with E-state index in [1.54, 1.807) is 31.2 Å². The summed E-state index contributed by atoms with van der Waals surface area (Å²) in [6.07, 6.45) is 1.14. The number of fused-ring (bicyclic) bond motifs is 1. The number of carbonyl (C=O) groups is 2. The van der Waals surface area contributed by atoms with Crippen LogP contribution in [-0.2, 0) is 9.47 Å². The molecule has 0 aliphatic carbocycles. The summed E-state index contributed by atoms with van der Waals surface area (Å²) in [6, 6.07) is 6.97. The van der Waals surface area contributed by atoms with Gasteiger partial charge >= 0.3 is 12.0 Å². The molecule has 7 nitrogen and oxygen atoms in total. The molecule has 2 aliphatic rings. The number of morpholine rings is 1. The third kappa shape index (κ3) is 4.49. The number of amides is 2. The van der Waals surface area contributed by atoms with E-state index in [1.807, 2.05) is 0 Å². The molecule has 7 heteroatoms. The van der Waals surface area contributed by atoms with Crippen LogP contribution in [0.4, 0.5) is 10.5 Å². The van der Waals surface area contributed by atoms with Crippen molar-refractivity contribution in [1.82, 2.24) is 10.2 Å². The van der Waals surface area contributed by atoms with Crippen molar-refractivity contribution in [3.05, 3.63) is 29.8 Å². The maximum atomic E-state index is 12.3. The Balaban J connectivity index is 1.53. The van der Waals surface area contributed by atoms with Crippen LogP contribution in [-0.4, -0.2) is 61.4 Å². The highest BCUT2D eigenvalue weighted by atomic mass is 16.5. The molecule has 0 spiro atoms. The predicted octanol–water partition coefficient (Wildman–Crippen LogP) is 1.85. The molecule has 25 heavy (non-hydrogen) atoms. The molecule has 2 amide bonds. The van der Waals surface area contributed by atoms with Crippen LogP contribution in [0.2, 0.25) is 0 Å². The molecule has 0 bridgehead atoms. The van der Waals surface area contributed by atoms with Crippen LogP contribution < -0.4 is 10.6 Å². The highest BCUT2D eigenvalue weighted by Crippen LogP contribution is 2.23. The van der Waals surface area contributed by atoms with E-state index in [4.69, 9.17) is 9.47 Å². The minimum atomic E-state index is -0.395. The first kappa shape index (κ1) is 17.7. The number of hydrogen-bond acceptors (Lipinski definition) is 5. The van der Waals surface area contributed by atoms with Gasteiger partial charge in [0, 0.05) is 30.9 Å². The van der Waals surface area contributed by atoms with Gasteiger partial charge in [-0.2, -0.15) is 0 Å². The second-order valence-electron chi connectivity index (χ2n) is 6.58. The number of ether oxygens (including phenoxy) is 2. The Bertz CT molecular complexity index is 637. The number of anilines is 1. The van der Waals surface area contributed by atoms with Gasteiger partial charge in [0.1, 0.15) is 0 Å². The summed E-state index contributed by atoms with van der Waals surface area (Å²) in [4.78, 5) is 26.4. The molecule has 2 N–H and O–H groups in total. The molecule has 0 saturated carbocycles. The quantitative estimate of drug-likeness (QED) is 0.813. The molecule has 136 valence electrons. The van der Waals surface area contributed by atoms with Gasteiger partial charge in [-0.3, -0.25) is 4.90 Å². The second-order valence-corrected chi connectivity index (χ2v) is 6.58. The van der Waals surface area contributed by atoms with Gasteiger partial charge in [-0.15, -0.1) is 0 Å². The van der Waals surface area contributed by atoms with Gasteiger partial charge in [0.25, 0.3) is 0 Å². The Labute approximate surface area is 147 Å². The molecule has 1 aromatic rings. The Hall–Kier alpha value is -2.12. The molecule has 0 radical (unpaired) electrons. The summed E-state index contributed by atoms with van der Waals surface area (Å²) in [5.41, 5.74) is 0.986. The summed E-state index contributed by atoms with van der Waals surface area (Å²) < 4.78 is 10.7. The van der Waals surface area contributed by atoms with Crippen molar-refractivity contribution in [2.45, 2.75) is 38.5 Å². The molecule has 0 aromatic heterocycles. The van der Waals surface area contributed by atoms with E-state index >= 15 is 0 Å². The Morgan fingerprint density at radius 3 is 3.00 bits per heavy atom. The lowest BCUT2D eigenvalue weighted by Crippen LogP contribution is -2.45. The largest absolute Gasteiger partial charge is 0.462 e. The van der Waals surface area contributed by atoms with E-state index in [1.165, 1.54) is 0 Å². The van der Waals surface area contributed by atoms with Crippen LogP contribution in [0.5, 0.6) is 0 Å². The third-order valence-electron chi connectivity index (χ3n) is 4.56. The minimum Gasteiger partial charge on any atom is -0.462 e. The van der Waals surface area contributed by atoms with Crippen molar-refractivity contribution < 1.29 is 19.1 Å². The average molecular weight is 347 g/mol. The fourth-order valence-electron chi connectivity index (χ4n) is 3.44. The van der Waals surface area contributed by atoms with Crippen molar-refractivity contribution >= 4 is 17.7 Å². The summed E-state index contributed by atoms with van der Waals surface area (Å²) in [5.74, 6) is -0.395. The number of rotatable bonds is 4. The third-order valence-corrected chi connectivity index (χ3v) is 4.56. The van der Waals surface area contributed by atoms with Crippen LogP contribution in [0, 0.1) is 0 Å². The van der Waals surface area contributed by atoms with E-state index < -0.39 is 5.97 Å². The first-order valence-corrected chi connectivity index (χ1v) is 8.75. The van der Waals surface area contributed by atoms with Gasteiger partial charge in [0.05, 0.1) is 24.9 Å². The average Bonchev–Trinajstić information content (AvgIpc) is 2.96. The number of nitrogens with zero attached hydrogens (tertiary/aromatic N) is 1. The van der Waals surface area contributed by atoms with Gasteiger partial charge in [-0.25, -0.2) is 9.59 Å². The maximum Gasteiger partial charge on any atom is 0.338 e. The molecule has 0 unspecified atom stereocenters. The number of hydrogen-bond donors (Lipinski definition) is 2. The monoisotopic (exact) mass is 347 g/mol. The van der Waals surface area contributed by atoms with Gasteiger partial charge in [0.15, 0.2) is 0 Å². The molecule has 1 aromatic carbocycles.